The van der Waals surface area contributed by atoms with Crippen LogP contribution >= 0.6 is 0 Å². The maximum atomic E-state index is 8.90. The number of pyridine rings is 1. The van der Waals surface area contributed by atoms with Crippen LogP contribution in [0, 0.1) is 0 Å². The summed E-state index contributed by atoms with van der Waals surface area (Å²) in [5, 5.41) is 14.7. The van der Waals surface area contributed by atoms with E-state index in [0.29, 0.717) is 12.6 Å². The van der Waals surface area contributed by atoms with Crippen LogP contribution in [0.1, 0.15) is 38.2 Å². The molecule has 1 saturated carbocycles. The van der Waals surface area contributed by atoms with Crippen LogP contribution in [0.3, 0.4) is 0 Å². The van der Waals surface area contributed by atoms with Crippen molar-refractivity contribution >= 4 is 10.8 Å². The summed E-state index contributed by atoms with van der Waals surface area (Å²) in [6.45, 7) is 3.05. The number of nitrogens with zero attached hydrogens (tertiary/aromatic N) is 1. The Kier molecular flexibility index (Phi) is 5.47. The number of hydrogen-bond acceptors (Lipinski definition) is 4. The molecule has 0 unspecified atom stereocenters. The summed E-state index contributed by atoms with van der Waals surface area (Å²) in [6.07, 6.45) is 9.45. The van der Waals surface area contributed by atoms with E-state index < -0.39 is 0 Å². The zero-order chi connectivity index (χ0) is 16.1. The molecule has 1 aliphatic carbocycles. The minimum absolute atomic E-state index is 0.209. The summed E-state index contributed by atoms with van der Waals surface area (Å²) in [6, 6.07) is 6.75. The molecule has 0 spiro atoms. The van der Waals surface area contributed by atoms with Crippen LogP contribution < -0.4 is 10.1 Å². The molecule has 1 fully saturated rings. The second-order valence-corrected chi connectivity index (χ2v) is 6.28. The van der Waals surface area contributed by atoms with E-state index in [-0.39, 0.29) is 12.7 Å². The molecule has 4 nitrogen and oxygen atoms in total. The number of aliphatic hydroxyl groups is 1. The highest BCUT2D eigenvalue weighted by molar-refractivity contribution is 5.90. The average Bonchev–Trinajstić information content (AvgIpc) is 2.61. The lowest BCUT2D eigenvalue weighted by Gasteiger charge is -2.30. The summed E-state index contributed by atoms with van der Waals surface area (Å²) in [7, 11) is 0. The van der Waals surface area contributed by atoms with Gasteiger partial charge >= 0.3 is 0 Å². The van der Waals surface area contributed by atoms with E-state index in [2.05, 4.69) is 29.4 Å². The van der Waals surface area contributed by atoms with Gasteiger partial charge < -0.3 is 15.2 Å². The van der Waals surface area contributed by atoms with Crippen LogP contribution in [-0.2, 0) is 6.42 Å². The molecule has 2 N–H and O–H groups in total. The number of hydrogen-bond donors (Lipinski definition) is 2. The van der Waals surface area contributed by atoms with E-state index in [1.54, 1.807) is 0 Å². The Morgan fingerprint density at radius 1 is 1.22 bits per heavy atom. The molecule has 124 valence electrons. The van der Waals surface area contributed by atoms with Gasteiger partial charge in [-0.2, -0.15) is 0 Å². The number of aryl methyl sites for hydroxylation is 1. The fourth-order valence-corrected chi connectivity index (χ4v) is 3.47. The monoisotopic (exact) mass is 314 g/mol. The fourth-order valence-electron chi connectivity index (χ4n) is 3.47. The summed E-state index contributed by atoms with van der Waals surface area (Å²) in [5.74, 6) is 0.994. The van der Waals surface area contributed by atoms with Crippen molar-refractivity contribution in [1.29, 1.82) is 0 Å². The second-order valence-electron chi connectivity index (χ2n) is 6.28. The van der Waals surface area contributed by atoms with E-state index in [4.69, 9.17) is 9.84 Å². The molecule has 0 amide bonds. The Morgan fingerprint density at radius 3 is 2.78 bits per heavy atom. The van der Waals surface area contributed by atoms with Crippen LogP contribution in [0.5, 0.6) is 5.75 Å². The Hall–Kier alpha value is -1.65. The molecule has 1 aliphatic rings. The van der Waals surface area contributed by atoms with Crippen molar-refractivity contribution in [2.45, 2.75) is 51.2 Å². The summed E-state index contributed by atoms with van der Waals surface area (Å²) < 4.78 is 6.36. The van der Waals surface area contributed by atoms with Crippen molar-refractivity contribution < 1.29 is 9.84 Å². The van der Waals surface area contributed by atoms with Gasteiger partial charge in [0.2, 0.25) is 0 Å². The molecule has 1 heterocycles. The van der Waals surface area contributed by atoms with Gasteiger partial charge in [-0.25, -0.2) is 0 Å². The maximum Gasteiger partial charge on any atom is 0.127 e. The number of benzene rings is 1. The molecule has 4 heteroatoms. The molecule has 0 saturated heterocycles. The molecule has 0 aliphatic heterocycles. The summed E-state index contributed by atoms with van der Waals surface area (Å²) in [4.78, 5) is 4.33. The number of rotatable bonds is 6. The van der Waals surface area contributed by atoms with Crippen molar-refractivity contribution in [1.82, 2.24) is 10.3 Å². The summed E-state index contributed by atoms with van der Waals surface area (Å²) >= 11 is 0. The van der Waals surface area contributed by atoms with E-state index in [9.17, 15) is 0 Å². The van der Waals surface area contributed by atoms with E-state index in [0.717, 1.165) is 43.2 Å². The van der Waals surface area contributed by atoms with Crippen molar-refractivity contribution in [3.63, 3.8) is 0 Å². The van der Waals surface area contributed by atoms with Gasteiger partial charge in [0, 0.05) is 35.8 Å². The SMILES string of the molecule is CCc1cncc2cccc(O[C@H]3CC[C@H](NCCO)CC3)c12. The first-order chi connectivity index (χ1) is 11.3. The van der Waals surface area contributed by atoms with Crippen LogP contribution in [0.4, 0.5) is 0 Å². The molecular formula is C19H26N2O2. The first-order valence-corrected chi connectivity index (χ1v) is 8.68. The standard InChI is InChI=1S/C19H26N2O2/c1-2-14-12-20-13-15-4-3-5-18(19(14)15)23-17-8-6-16(7-9-17)21-10-11-22/h3-5,12-13,16-17,21-22H,2,6-11H2,1H3/t16-,17-. The molecular weight excluding hydrogens is 288 g/mol. The average molecular weight is 314 g/mol. The molecule has 2 aromatic rings. The number of fused-ring (bicyclic) bond motifs is 1. The van der Waals surface area contributed by atoms with Crippen LogP contribution in [0.15, 0.2) is 30.6 Å². The Labute approximate surface area is 137 Å². The minimum Gasteiger partial charge on any atom is -0.490 e. The third-order valence-electron chi connectivity index (χ3n) is 4.72. The van der Waals surface area contributed by atoms with Crippen LogP contribution in [0.2, 0.25) is 0 Å². The smallest absolute Gasteiger partial charge is 0.127 e. The van der Waals surface area contributed by atoms with Crippen LogP contribution in [0.25, 0.3) is 10.8 Å². The lowest BCUT2D eigenvalue weighted by atomic mass is 9.93. The Balaban J connectivity index is 1.70. The van der Waals surface area contributed by atoms with Gasteiger partial charge in [0.15, 0.2) is 0 Å². The Morgan fingerprint density at radius 2 is 2.04 bits per heavy atom. The van der Waals surface area contributed by atoms with Gasteiger partial charge in [-0.1, -0.05) is 19.1 Å². The lowest BCUT2D eigenvalue weighted by Crippen LogP contribution is -2.37. The van der Waals surface area contributed by atoms with E-state index >= 15 is 0 Å². The minimum atomic E-state index is 0.209. The molecule has 0 bridgehead atoms. The van der Waals surface area contributed by atoms with Gasteiger partial charge in [-0.15, -0.1) is 0 Å². The highest BCUT2D eigenvalue weighted by Crippen LogP contribution is 2.32. The topological polar surface area (TPSA) is 54.4 Å². The largest absolute Gasteiger partial charge is 0.490 e. The molecule has 0 atom stereocenters. The first kappa shape index (κ1) is 16.2. The predicted octanol–water partition coefficient (Wildman–Crippen LogP) is 3.07. The van der Waals surface area contributed by atoms with Gasteiger partial charge in [0.05, 0.1) is 12.7 Å². The van der Waals surface area contributed by atoms with Crippen molar-refractivity contribution in [3.05, 3.63) is 36.2 Å². The molecule has 1 aromatic heterocycles. The number of aromatic nitrogens is 1. The molecule has 3 rings (SSSR count). The molecule has 1 aromatic carbocycles. The predicted molar refractivity (Wildman–Crippen MR) is 92.9 cm³/mol. The van der Waals surface area contributed by atoms with Crippen LogP contribution in [-0.4, -0.2) is 35.4 Å². The first-order valence-electron chi connectivity index (χ1n) is 8.68. The van der Waals surface area contributed by atoms with Gasteiger partial charge in [-0.3, -0.25) is 4.98 Å². The van der Waals surface area contributed by atoms with Crippen molar-refractivity contribution in [2.75, 3.05) is 13.2 Å². The molecule has 23 heavy (non-hydrogen) atoms. The third-order valence-corrected chi connectivity index (χ3v) is 4.72. The van der Waals surface area contributed by atoms with E-state index in [1.165, 1.54) is 10.9 Å². The number of aliphatic hydroxyl groups excluding tert-OH is 1. The van der Waals surface area contributed by atoms with Crippen molar-refractivity contribution in [2.24, 2.45) is 0 Å². The number of nitrogens with one attached hydrogen (secondary N) is 1. The molecule has 0 radical (unpaired) electrons. The highest BCUT2D eigenvalue weighted by atomic mass is 16.5. The normalized spacial score (nSPS) is 21.5. The Bertz CT molecular complexity index is 631. The van der Waals surface area contributed by atoms with Gasteiger partial charge in [0.1, 0.15) is 5.75 Å². The van der Waals surface area contributed by atoms with Gasteiger partial charge in [-0.05, 0) is 43.7 Å². The van der Waals surface area contributed by atoms with E-state index in [1.807, 2.05) is 18.5 Å². The zero-order valence-electron chi connectivity index (χ0n) is 13.8. The maximum absolute atomic E-state index is 8.90. The number of ether oxygens (including phenoxy) is 1. The third kappa shape index (κ3) is 3.82. The van der Waals surface area contributed by atoms with Gasteiger partial charge in [0.25, 0.3) is 0 Å². The van der Waals surface area contributed by atoms with Crippen molar-refractivity contribution in [3.8, 4) is 5.75 Å². The quantitative estimate of drug-likeness (QED) is 0.860. The summed E-state index contributed by atoms with van der Waals surface area (Å²) in [5.41, 5.74) is 1.25. The zero-order valence-corrected chi connectivity index (χ0v) is 13.8. The lowest BCUT2D eigenvalue weighted by molar-refractivity contribution is 0.139. The highest BCUT2D eigenvalue weighted by Gasteiger charge is 2.22. The second kappa shape index (κ2) is 7.75. The fraction of sp³-hybridized carbons (Fsp3) is 0.526.